The van der Waals surface area contributed by atoms with Gasteiger partial charge in [-0.05, 0) is 60.5 Å². The molecule has 0 atom stereocenters. The van der Waals surface area contributed by atoms with Gasteiger partial charge in [0.15, 0.2) is 0 Å². The average molecular weight is 402 g/mol. The minimum absolute atomic E-state index is 0.0403. The lowest BCUT2D eigenvalue weighted by atomic mass is 10.1. The second-order valence-electron chi connectivity index (χ2n) is 6.54. The maximum absolute atomic E-state index is 13.7. The first-order chi connectivity index (χ1) is 14.5. The van der Waals surface area contributed by atoms with Crippen LogP contribution in [0.15, 0.2) is 66.7 Å². The highest BCUT2D eigenvalue weighted by molar-refractivity contribution is 5.92. The molecular weight excluding hydrogens is 383 g/mol. The lowest BCUT2D eigenvalue weighted by Crippen LogP contribution is -2.10. The molecule has 0 N–H and O–H groups in total. The standard InChI is InChI=1S/C25H19FO4/c1-3-5-17-6-8-19(9-7-17)24(27)29-21-13-11-20(12-14-21)25(28)30-22-15-10-18(4-2)23(26)16-22/h2,6-16H,3,5H2,1H3. The zero-order chi connectivity index (χ0) is 21.5. The van der Waals surface area contributed by atoms with E-state index in [-0.39, 0.29) is 16.9 Å². The first-order valence-electron chi connectivity index (χ1n) is 9.39. The van der Waals surface area contributed by atoms with Gasteiger partial charge in [0, 0.05) is 6.07 Å². The van der Waals surface area contributed by atoms with Crippen LogP contribution in [-0.2, 0) is 6.42 Å². The molecule has 0 unspecified atom stereocenters. The second kappa shape index (κ2) is 9.53. The summed E-state index contributed by atoms with van der Waals surface area (Å²) in [6.45, 7) is 2.09. The first-order valence-corrected chi connectivity index (χ1v) is 9.39. The third-order valence-electron chi connectivity index (χ3n) is 4.34. The van der Waals surface area contributed by atoms with Gasteiger partial charge in [-0.15, -0.1) is 6.42 Å². The Labute approximate surface area is 174 Å². The van der Waals surface area contributed by atoms with Crippen molar-refractivity contribution in [1.82, 2.24) is 0 Å². The topological polar surface area (TPSA) is 52.6 Å². The van der Waals surface area contributed by atoms with Crippen LogP contribution in [0.4, 0.5) is 4.39 Å². The van der Waals surface area contributed by atoms with Crippen LogP contribution in [0.2, 0.25) is 0 Å². The van der Waals surface area contributed by atoms with E-state index < -0.39 is 17.8 Å². The van der Waals surface area contributed by atoms with Crippen molar-refractivity contribution in [3.05, 3.63) is 94.8 Å². The van der Waals surface area contributed by atoms with Crippen LogP contribution >= 0.6 is 0 Å². The summed E-state index contributed by atoms with van der Waals surface area (Å²) in [6.07, 6.45) is 7.15. The van der Waals surface area contributed by atoms with Crippen molar-refractivity contribution in [3.8, 4) is 23.8 Å². The summed E-state index contributed by atoms with van der Waals surface area (Å²) < 4.78 is 24.2. The Kier molecular flexibility index (Phi) is 6.61. The Bertz CT molecular complexity index is 1090. The lowest BCUT2D eigenvalue weighted by molar-refractivity contribution is 0.0730. The van der Waals surface area contributed by atoms with E-state index in [9.17, 15) is 14.0 Å². The van der Waals surface area contributed by atoms with E-state index >= 15 is 0 Å². The quantitative estimate of drug-likeness (QED) is 0.323. The first kappa shape index (κ1) is 20.8. The van der Waals surface area contributed by atoms with Crippen molar-refractivity contribution in [1.29, 1.82) is 0 Å². The Hall–Kier alpha value is -3.91. The molecule has 0 fully saturated rings. The molecule has 0 aromatic heterocycles. The number of ether oxygens (including phenoxy) is 2. The van der Waals surface area contributed by atoms with E-state index in [1.165, 1.54) is 36.4 Å². The van der Waals surface area contributed by atoms with Crippen LogP contribution in [0.25, 0.3) is 0 Å². The normalized spacial score (nSPS) is 10.2. The van der Waals surface area contributed by atoms with Crippen LogP contribution in [0.3, 0.4) is 0 Å². The van der Waals surface area contributed by atoms with Crippen molar-refractivity contribution in [2.45, 2.75) is 19.8 Å². The summed E-state index contributed by atoms with van der Waals surface area (Å²) >= 11 is 0. The van der Waals surface area contributed by atoms with Crippen LogP contribution < -0.4 is 9.47 Å². The highest BCUT2D eigenvalue weighted by Crippen LogP contribution is 2.19. The number of esters is 2. The number of terminal acetylenes is 1. The van der Waals surface area contributed by atoms with Gasteiger partial charge < -0.3 is 9.47 Å². The fourth-order valence-corrected chi connectivity index (χ4v) is 2.76. The monoisotopic (exact) mass is 402 g/mol. The maximum Gasteiger partial charge on any atom is 0.343 e. The molecule has 0 radical (unpaired) electrons. The molecule has 150 valence electrons. The molecule has 3 aromatic carbocycles. The summed E-state index contributed by atoms with van der Waals surface area (Å²) in [5.74, 6) is 0.715. The molecule has 0 aliphatic heterocycles. The molecule has 5 heteroatoms. The Morgan fingerprint density at radius 1 is 0.867 bits per heavy atom. The van der Waals surface area contributed by atoms with Gasteiger partial charge in [0.1, 0.15) is 17.3 Å². The smallest absolute Gasteiger partial charge is 0.343 e. The molecule has 0 spiro atoms. The number of carbonyl (C=O) groups excluding carboxylic acids is 2. The Morgan fingerprint density at radius 2 is 1.40 bits per heavy atom. The van der Waals surface area contributed by atoms with Gasteiger partial charge in [0.2, 0.25) is 0 Å². The second-order valence-corrected chi connectivity index (χ2v) is 6.54. The van der Waals surface area contributed by atoms with E-state index in [0.717, 1.165) is 24.5 Å². The van der Waals surface area contributed by atoms with E-state index in [0.29, 0.717) is 11.3 Å². The number of hydrogen-bond donors (Lipinski definition) is 0. The number of aryl methyl sites for hydroxylation is 1. The van der Waals surface area contributed by atoms with Gasteiger partial charge in [-0.25, -0.2) is 14.0 Å². The Morgan fingerprint density at radius 3 is 1.93 bits per heavy atom. The molecule has 0 bridgehead atoms. The fraction of sp³-hybridized carbons (Fsp3) is 0.120. The predicted molar refractivity (Wildman–Crippen MR) is 111 cm³/mol. The van der Waals surface area contributed by atoms with Crippen LogP contribution in [-0.4, -0.2) is 11.9 Å². The highest BCUT2D eigenvalue weighted by atomic mass is 19.1. The predicted octanol–water partition coefficient (Wildman–Crippen LogP) is 5.20. The van der Waals surface area contributed by atoms with Gasteiger partial charge in [-0.3, -0.25) is 0 Å². The molecule has 30 heavy (non-hydrogen) atoms. The van der Waals surface area contributed by atoms with Gasteiger partial charge in [0.25, 0.3) is 0 Å². The van der Waals surface area contributed by atoms with Crippen molar-refractivity contribution in [2.24, 2.45) is 0 Å². The van der Waals surface area contributed by atoms with Crippen LogP contribution in [0, 0.1) is 18.2 Å². The number of halogens is 1. The SMILES string of the molecule is C#Cc1ccc(OC(=O)c2ccc(OC(=O)c3ccc(CCC)cc3)cc2)cc1F. The molecule has 4 nitrogen and oxygen atoms in total. The van der Waals surface area contributed by atoms with Gasteiger partial charge >= 0.3 is 11.9 Å². The summed E-state index contributed by atoms with van der Waals surface area (Å²) in [5, 5.41) is 0. The molecule has 3 rings (SSSR count). The minimum Gasteiger partial charge on any atom is -0.423 e. The zero-order valence-corrected chi connectivity index (χ0v) is 16.4. The van der Waals surface area contributed by atoms with Gasteiger partial charge in [-0.1, -0.05) is 31.4 Å². The highest BCUT2D eigenvalue weighted by Gasteiger charge is 2.12. The van der Waals surface area contributed by atoms with Gasteiger partial charge in [-0.2, -0.15) is 0 Å². The molecule has 0 aliphatic rings. The van der Waals surface area contributed by atoms with Crippen molar-refractivity contribution < 1.29 is 23.5 Å². The maximum atomic E-state index is 13.7. The molecule has 0 heterocycles. The van der Waals surface area contributed by atoms with E-state index in [1.54, 1.807) is 12.1 Å². The number of benzene rings is 3. The molecule has 0 aliphatic carbocycles. The molecular formula is C25H19FO4. The fourth-order valence-electron chi connectivity index (χ4n) is 2.76. The van der Waals surface area contributed by atoms with Crippen LogP contribution in [0.5, 0.6) is 11.5 Å². The number of rotatable bonds is 6. The zero-order valence-electron chi connectivity index (χ0n) is 16.4. The lowest BCUT2D eigenvalue weighted by Gasteiger charge is -2.07. The average Bonchev–Trinajstić information content (AvgIpc) is 2.75. The third-order valence-corrected chi connectivity index (χ3v) is 4.34. The van der Waals surface area contributed by atoms with Crippen molar-refractivity contribution >= 4 is 11.9 Å². The molecule has 0 amide bonds. The molecule has 0 saturated carbocycles. The Balaban J connectivity index is 1.62. The number of carbonyl (C=O) groups is 2. The summed E-state index contributed by atoms with van der Waals surface area (Å²) in [7, 11) is 0. The van der Waals surface area contributed by atoms with Gasteiger partial charge in [0.05, 0.1) is 16.7 Å². The summed E-state index contributed by atoms with van der Waals surface area (Å²) in [5.41, 5.74) is 1.91. The van der Waals surface area contributed by atoms with Crippen molar-refractivity contribution in [3.63, 3.8) is 0 Å². The van der Waals surface area contributed by atoms with Crippen molar-refractivity contribution in [2.75, 3.05) is 0 Å². The van der Waals surface area contributed by atoms with E-state index in [2.05, 4.69) is 12.8 Å². The number of hydrogen-bond acceptors (Lipinski definition) is 4. The molecule has 0 saturated heterocycles. The van der Waals surface area contributed by atoms with Crippen LogP contribution in [0.1, 0.15) is 45.2 Å². The largest absolute Gasteiger partial charge is 0.423 e. The van der Waals surface area contributed by atoms with E-state index in [4.69, 9.17) is 15.9 Å². The van der Waals surface area contributed by atoms with E-state index in [1.807, 2.05) is 12.1 Å². The summed E-state index contributed by atoms with van der Waals surface area (Å²) in [6, 6.07) is 17.0. The third kappa shape index (κ3) is 5.12. The minimum atomic E-state index is -0.674. The molecule has 3 aromatic rings. The summed E-state index contributed by atoms with van der Waals surface area (Å²) in [4.78, 5) is 24.5.